The Morgan fingerprint density at radius 1 is 1.37 bits per heavy atom. The molecular weight excluding hydrogens is 415 g/mol. The Morgan fingerprint density at radius 2 is 2.11 bits per heavy atom. The maximum Gasteiger partial charge on any atom is 0.306 e. The van der Waals surface area contributed by atoms with Gasteiger partial charge in [0.15, 0.2) is 11.6 Å². The highest BCUT2D eigenvalue weighted by Crippen LogP contribution is 2.40. The molecule has 1 aliphatic rings. The predicted octanol–water partition coefficient (Wildman–Crippen LogP) is 5.14. The third kappa shape index (κ3) is 4.61. The normalized spacial score (nSPS) is 15.7. The minimum absolute atomic E-state index is 0.132. The second-order valence-corrected chi connectivity index (χ2v) is 8.50. The fourth-order valence-corrected chi connectivity index (χ4v) is 3.79. The zero-order valence-corrected chi connectivity index (χ0v) is 17.1. The summed E-state index contributed by atoms with van der Waals surface area (Å²) in [5, 5.41) is 8.98. The molecule has 0 saturated heterocycles. The van der Waals surface area contributed by atoms with Gasteiger partial charge in [0, 0.05) is 16.5 Å². The predicted molar refractivity (Wildman–Crippen MR) is 104 cm³/mol. The van der Waals surface area contributed by atoms with Crippen LogP contribution in [0.3, 0.4) is 0 Å². The van der Waals surface area contributed by atoms with E-state index in [1.807, 2.05) is 26.0 Å². The number of hydrogen-bond acceptors (Lipinski definition) is 3. The molecule has 0 spiro atoms. The zero-order chi connectivity index (χ0) is 19.8. The molecule has 6 heteroatoms. The highest BCUT2D eigenvalue weighted by Gasteiger charge is 2.32. The molecule has 0 amide bonds. The van der Waals surface area contributed by atoms with E-state index >= 15 is 0 Å². The highest BCUT2D eigenvalue weighted by atomic mass is 79.9. The average Bonchev–Trinajstić information content (AvgIpc) is 2.87. The molecule has 2 aromatic carbocycles. The first-order chi connectivity index (χ1) is 12.6. The van der Waals surface area contributed by atoms with Crippen molar-refractivity contribution >= 4 is 21.9 Å². The Hall–Kier alpha value is -2.08. The van der Waals surface area contributed by atoms with Crippen LogP contribution in [0.5, 0.6) is 11.5 Å². The number of carboxylic acids is 1. The molecule has 0 saturated carbocycles. The SMILES string of the molecule is CC(Cc1ccc(OCc2cc(Br)cc3c2OC(C)(C)C3)c(F)c1)C(=O)O. The molecule has 0 fully saturated rings. The van der Waals surface area contributed by atoms with E-state index in [9.17, 15) is 9.18 Å². The van der Waals surface area contributed by atoms with E-state index in [4.69, 9.17) is 14.6 Å². The summed E-state index contributed by atoms with van der Waals surface area (Å²) < 4.78 is 27.0. The molecule has 0 aromatic heterocycles. The fourth-order valence-electron chi connectivity index (χ4n) is 3.24. The molecule has 4 nitrogen and oxygen atoms in total. The molecule has 27 heavy (non-hydrogen) atoms. The van der Waals surface area contributed by atoms with Gasteiger partial charge < -0.3 is 14.6 Å². The summed E-state index contributed by atoms with van der Waals surface area (Å²) in [7, 11) is 0. The Bertz CT molecular complexity index is 879. The van der Waals surface area contributed by atoms with Crippen LogP contribution in [0.15, 0.2) is 34.8 Å². The number of hydrogen-bond donors (Lipinski definition) is 1. The maximum absolute atomic E-state index is 14.4. The monoisotopic (exact) mass is 436 g/mol. The summed E-state index contributed by atoms with van der Waals surface area (Å²) in [4.78, 5) is 10.9. The molecule has 1 N–H and O–H groups in total. The van der Waals surface area contributed by atoms with Crippen molar-refractivity contribution < 1.29 is 23.8 Å². The van der Waals surface area contributed by atoms with Crippen LogP contribution in [-0.2, 0) is 24.2 Å². The Labute approximate surface area is 166 Å². The van der Waals surface area contributed by atoms with Crippen molar-refractivity contribution in [2.24, 2.45) is 5.92 Å². The van der Waals surface area contributed by atoms with Crippen molar-refractivity contribution in [3.8, 4) is 11.5 Å². The van der Waals surface area contributed by atoms with Crippen molar-refractivity contribution in [2.75, 3.05) is 0 Å². The third-order valence-corrected chi connectivity index (χ3v) is 5.00. The third-order valence-electron chi connectivity index (χ3n) is 4.54. The first-order valence-electron chi connectivity index (χ1n) is 8.79. The van der Waals surface area contributed by atoms with Crippen molar-refractivity contribution in [3.05, 3.63) is 57.3 Å². The summed E-state index contributed by atoms with van der Waals surface area (Å²) in [6.07, 6.45) is 1.08. The highest BCUT2D eigenvalue weighted by molar-refractivity contribution is 9.10. The van der Waals surface area contributed by atoms with Gasteiger partial charge in [-0.1, -0.05) is 28.9 Å². The largest absolute Gasteiger partial charge is 0.487 e. The number of aliphatic carboxylic acids is 1. The van der Waals surface area contributed by atoms with E-state index in [2.05, 4.69) is 15.9 Å². The number of benzene rings is 2. The van der Waals surface area contributed by atoms with Crippen LogP contribution in [0.25, 0.3) is 0 Å². The Balaban J connectivity index is 1.74. The van der Waals surface area contributed by atoms with Gasteiger partial charge in [-0.15, -0.1) is 0 Å². The van der Waals surface area contributed by atoms with Crippen molar-refractivity contribution in [1.29, 1.82) is 0 Å². The number of fused-ring (bicyclic) bond motifs is 1. The van der Waals surface area contributed by atoms with Gasteiger partial charge in [-0.2, -0.15) is 0 Å². The molecule has 1 heterocycles. The number of rotatable bonds is 6. The lowest BCUT2D eigenvalue weighted by Crippen LogP contribution is -2.25. The van der Waals surface area contributed by atoms with Gasteiger partial charge in [-0.3, -0.25) is 4.79 Å². The summed E-state index contributed by atoms with van der Waals surface area (Å²) in [5.41, 5.74) is 2.31. The standard InChI is InChI=1S/C21H22BrFO4/c1-12(20(24)25)6-13-4-5-18(17(23)7-13)26-11-15-9-16(22)8-14-10-21(2,3)27-19(14)15/h4-5,7-9,12H,6,10-11H2,1-3H3,(H,24,25). The molecule has 0 bridgehead atoms. The van der Waals surface area contributed by atoms with Crippen LogP contribution in [-0.4, -0.2) is 16.7 Å². The molecule has 144 valence electrons. The Kier molecular flexibility index (Phi) is 5.47. The van der Waals surface area contributed by atoms with Crippen LogP contribution in [0.4, 0.5) is 4.39 Å². The quantitative estimate of drug-likeness (QED) is 0.680. The van der Waals surface area contributed by atoms with Gasteiger partial charge in [0.05, 0.1) is 5.92 Å². The molecule has 3 rings (SSSR count). The molecule has 2 aromatic rings. The van der Waals surface area contributed by atoms with E-state index in [1.54, 1.807) is 19.1 Å². The Morgan fingerprint density at radius 3 is 2.78 bits per heavy atom. The van der Waals surface area contributed by atoms with Gasteiger partial charge in [0.2, 0.25) is 0 Å². The van der Waals surface area contributed by atoms with Crippen LogP contribution >= 0.6 is 15.9 Å². The minimum Gasteiger partial charge on any atom is -0.487 e. The van der Waals surface area contributed by atoms with Gasteiger partial charge in [-0.25, -0.2) is 4.39 Å². The lowest BCUT2D eigenvalue weighted by atomic mass is 10.0. The molecule has 0 radical (unpaired) electrons. The number of carbonyl (C=O) groups is 1. The number of halogens is 2. The smallest absolute Gasteiger partial charge is 0.306 e. The summed E-state index contributed by atoms with van der Waals surface area (Å²) in [5.74, 6) is -1.04. The van der Waals surface area contributed by atoms with E-state index in [0.717, 1.165) is 27.8 Å². The first-order valence-corrected chi connectivity index (χ1v) is 9.58. The fraction of sp³-hybridized carbons (Fsp3) is 0.381. The van der Waals surface area contributed by atoms with Crippen molar-refractivity contribution in [3.63, 3.8) is 0 Å². The summed E-state index contributed by atoms with van der Waals surface area (Å²) in [6.45, 7) is 5.84. The molecule has 1 aliphatic heterocycles. The van der Waals surface area contributed by atoms with Gasteiger partial charge in [-0.05, 0) is 55.7 Å². The van der Waals surface area contributed by atoms with Crippen LogP contribution in [0, 0.1) is 11.7 Å². The molecule has 1 atom stereocenters. The van der Waals surface area contributed by atoms with E-state index in [0.29, 0.717) is 5.56 Å². The average molecular weight is 437 g/mol. The van der Waals surface area contributed by atoms with Crippen molar-refractivity contribution in [2.45, 2.75) is 45.8 Å². The van der Waals surface area contributed by atoms with E-state index < -0.39 is 17.7 Å². The summed E-state index contributed by atoms with van der Waals surface area (Å²) >= 11 is 3.50. The minimum atomic E-state index is -0.901. The van der Waals surface area contributed by atoms with E-state index in [1.165, 1.54) is 6.07 Å². The molecular formula is C21H22BrFO4. The van der Waals surface area contributed by atoms with Gasteiger partial charge >= 0.3 is 5.97 Å². The zero-order valence-electron chi connectivity index (χ0n) is 15.5. The number of ether oxygens (including phenoxy) is 2. The van der Waals surface area contributed by atoms with Crippen LogP contribution in [0.2, 0.25) is 0 Å². The van der Waals surface area contributed by atoms with Crippen molar-refractivity contribution in [1.82, 2.24) is 0 Å². The number of carboxylic acid groups (broad SMARTS) is 1. The molecule has 1 unspecified atom stereocenters. The topological polar surface area (TPSA) is 55.8 Å². The van der Waals surface area contributed by atoms with Gasteiger partial charge in [0.25, 0.3) is 0 Å². The molecule has 0 aliphatic carbocycles. The van der Waals surface area contributed by atoms with Crippen LogP contribution < -0.4 is 9.47 Å². The maximum atomic E-state index is 14.4. The summed E-state index contributed by atoms with van der Waals surface area (Å²) in [6, 6.07) is 8.53. The van der Waals surface area contributed by atoms with Gasteiger partial charge in [0.1, 0.15) is 18.0 Å². The van der Waals surface area contributed by atoms with Crippen LogP contribution in [0.1, 0.15) is 37.5 Å². The van der Waals surface area contributed by atoms with E-state index in [-0.39, 0.29) is 24.4 Å². The lowest BCUT2D eigenvalue weighted by molar-refractivity contribution is -0.141. The lowest BCUT2D eigenvalue weighted by Gasteiger charge is -2.18. The first kappa shape index (κ1) is 19.7. The second kappa shape index (κ2) is 7.50. The second-order valence-electron chi connectivity index (χ2n) is 7.59.